The average Bonchev–Trinajstić information content (AvgIpc) is 2.81. The molecular weight excluding hydrogens is 292 g/mol. The molecule has 4 nitrogen and oxygen atoms in total. The number of fused-ring (bicyclic) bond motifs is 1. The Labute approximate surface area is 127 Å². The monoisotopic (exact) mass is 310 g/mol. The quantitative estimate of drug-likeness (QED) is 0.793. The van der Waals surface area contributed by atoms with Crippen LogP contribution in [0.5, 0.6) is 0 Å². The summed E-state index contributed by atoms with van der Waals surface area (Å²) in [6, 6.07) is 8.28. The smallest absolute Gasteiger partial charge is 0.313 e. The number of aromatic nitrogens is 2. The summed E-state index contributed by atoms with van der Waals surface area (Å²) in [5.74, 6) is 0.306. The summed E-state index contributed by atoms with van der Waals surface area (Å²) in [4.78, 5) is 15.3. The van der Waals surface area contributed by atoms with Crippen LogP contribution >= 0.6 is 23.5 Å². The molecule has 1 heterocycles. The molecule has 2 rings (SSSR count). The van der Waals surface area contributed by atoms with Crippen molar-refractivity contribution < 1.29 is 9.90 Å². The molecule has 1 aromatic carbocycles. The summed E-state index contributed by atoms with van der Waals surface area (Å²) < 4.78 is 2.17. The predicted molar refractivity (Wildman–Crippen MR) is 85.8 cm³/mol. The van der Waals surface area contributed by atoms with Gasteiger partial charge in [0.15, 0.2) is 5.16 Å². The second-order valence-corrected chi connectivity index (χ2v) is 6.49. The van der Waals surface area contributed by atoms with Gasteiger partial charge in [-0.3, -0.25) is 4.79 Å². The van der Waals surface area contributed by atoms with Crippen LogP contribution in [0.1, 0.15) is 19.4 Å². The van der Waals surface area contributed by atoms with E-state index in [9.17, 15) is 4.79 Å². The van der Waals surface area contributed by atoms with Crippen molar-refractivity contribution in [2.75, 3.05) is 17.8 Å². The molecule has 1 atom stereocenters. The molecule has 6 heteroatoms. The van der Waals surface area contributed by atoms with E-state index in [4.69, 9.17) is 5.11 Å². The number of para-hydroxylation sites is 2. The zero-order valence-corrected chi connectivity index (χ0v) is 13.2. The van der Waals surface area contributed by atoms with E-state index >= 15 is 0 Å². The van der Waals surface area contributed by atoms with Crippen molar-refractivity contribution >= 4 is 40.5 Å². The number of imidazole rings is 1. The van der Waals surface area contributed by atoms with Crippen molar-refractivity contribution in [3.63, 3.8) is 0 Å². The summed E-state index contributed by atoms with van der Waals surface area (Å²) in [6.07, 6.45) is 3.14. The summed E-state index contributed by atoms with van der Waals surface area (Å²) in [7, 11) is 0. The third-order valence-electron chi connectivity index (χ3n) is 3.07. The molecule has 20 heavy (non-hydrogen) atoms. The first-order chi connectivity index (χ1) is 9.63. The maximum absolute atomic E-state index is 10.8. The Bertz CT molecular complexity index is 598. The topological polar surface area (TPSA) is 55.1 Å². The molecule has 2 aromatic rings. The fourth-order valence-electron chi connectivity index (χ4n) is 2.09. The number of hydrogen-bond acceptors (Lipinski definition) is 4. The number of benzene rings is 1. The summed E-state index contributed by atoms with van der Waals surface area (Å²) in [5, 5.41) is 9.65. The lowest BCUT2D eigenvalue weighted by Crippen LogP contribution is -2.09. The zero-order valence-electron chi connectivity index (χ0n) is 11.6. The zero-order chi connectivity index (χ0) is 14.5. The third-order valence-corrected chi connectivity index (χ3v) is 4.65. The van der Waals surface area contributed by atoms with Gasteiger partial charge in [-0.1, -0.05) is 23.9 Å². The van der Waals surface area contributed by atoms with E-state index in [1.165, 1.54) is 11.8 Å². The number of hydrogen-bond donors (Lipinski definition) is 1. The summed E-state index contributed by atoms with van der Waals surface area (Å²) in [6.45, 7) is 2.16. The highest BCUT2D eigenvalue weighted by Gasteiger charge is 2.16. The van der Waals surface area contributed by atoms with Gasteiger partial charge in [0.1, 0.15) is 0 Å². The second-order valence-electron chi connectivity index (χ2n) is 4.57. The Morgan fingerprint density at radius 3 is 2.90 bits per heavy atom. The number of carboxylic acid groups (broad SMARTS) is 1. The highest BCUT2D eigenvalue weighted by molar-refractivity contribution is 7.99. The third kappa shape index (κ3) is 3.49. The molecule has 0 saturated heterocycles. The number of carboxylic acids is 1. The molecule has 0 amide bonds. The van der Waals surface area contributed by atoms with Gasteiger partial charge in [0, 0.05) is 6.04 Å². The van der Waals surface area contributed by atoms with Gasteiger partial charge in [-0.05, 0) is 37.5 Å². The lowest BCUT2D eigenvalue weighted by Gasteiger charge is -2.16. The van der Waals surface area contributed by atoms with Gasteiger partial charge in [0.25, 0.3) is 0 Å². The lowest BCUT2D eigenvalue weighted by atomic mass is 10.2. The molecular formula is C14H18N2O2S2. The SMILES string of the molecule is CSCCC(C)n1c(SCC(=O)O)nc2ccccc21. The number of nitrogens with zero attached hydrogens (tertiary/aromatic N) is 2. The molecule has 0 aliphatic rings. The Morgan fingerprint density at radius 1 is 1.45 bits per heavy atom. The van der Waals surface area contributed by atoms with Crippen LogP contribution in [0.4, 0.5) is 0 Å². The van der Waals surface area contributed by atoms with E-state index in [0.717, 1.165) is 28.4 Å². The van der Waals surface area contributed by atoms with Crippen LogP contribution in [0.15, 0.2) is 29.4 Å². The van der Waals surface area contributed by atoms with Crippen molar-refractivity contribution in [1.82, 2.24) is 9.55 Å². The van der Waals surface area contributed by atoms with Gasteiger partial charge >= 0.3 is 5.97 Å². The minimum absolute atomic E-state index is 0.0402. The normalized spacial score (nSPS) is 12.7. The van der Waals surface area contributed by atoms with Gasteiger partial charge < -0.3 is 9.67 Å². The number of thioether (sulfide) groups is 2. The van der Waals surface area contributed by atoms with E-state index < -0.39 is 5.97 Å². The van der Waals surface area contributed by atoms with Crippen LogP contribution in [0, 0.1) is 0 Å². The van der Waals surface area contributed by atoms with E-state index in [1.54, 1.807) is 0 Å². The first kappa shape index (κ1) is 15.3. The highest BCUT2D eigenvalue weighted by atomic mass is 32.2. The van der Waals surface area contributed by atoms with E-state index in [-0.39, 0.29) is 5.75 Å². The van der Waals surface area contributed by atoms with Crippen LogP contribution in [0.2, 0.25) is 0 Å². The van der Waals surface area contributed by atoms with Gasteiger partial charge in [0.05, 0.1) is 16.8 Å². The maximum atomic E-state index is 10.8. The van der Waals surface area contributed by atoms with E-state index in [0.29, 0.717) is 6.04 Å². The molecule has 0 radical (unpaired) electrons. The minimum atomic E-state index is -0.814. The molecule has 0 spiro atoms. The molecule has 1 N–H and O–H groups in total. The van der Waals surface area contributed by atoms with Crippen LogP contribution in [-0.4, -0.2) is 38.4 Å². The fraction of sp³-hybridized carbons (Fsp3) is 0.429. The summed E-state index contributed by atoms with van der Waals surface area (Å²) >= 11 is 3.11. The maximum Gasteiger partial charge on any atom is 0.313 e. The highest BCUT2D eigenvalue weighted by Crippen LogP contribution is 2.29. The molecule has 0 bridgehead atoms. The van der Waals surface area contributed by atoms with Gasteiger partial charge in [-0.15, -0.1) is 0 Å². The predicted octanol–water partition coefficient (Wildman–Crippen LogP) is 3.53. The Balaban J connectivity index is 2.36. The lowest BCUT2D eigenvalue weighted by molar-refractivity contribution is -0.133. The van der Waals surface area contributed by atoms with Crippen molar-refractivity contribution in [2.45, 2.75) is 24.5 Å². The average molecular weight is 310 g/mol. The van der Waals surface area contributed by atoms with Crippen molar-refractivity contribution in [3.8, 4) is 0 Å². The Kier molecular flexibility index (Phi) is 5.37. The van der Waals surface area contributed by atoms with Crippen LogP contribution in [0.25, 0.3) is 11.0 Å². The molecule has 0 aliphatic heterocycles. The fourth-order valence-corrected chi connectivity index (χ4v) is 3.50. The largest absolute Gasteiger partial charge is 0.481 e. The minimum Gasteiger partial charge on any atom is -0.481 e. The number of rotatable bonds is 7. The van der Waals surface area contributed by atoms with Crippen molar-refractivity contribution in [1.29, 1.82) is 0 Å². The Hall–Kier alpha value is -1.14. The molecule has 0 fully saturated rings. The number of aliphatic carboxylic acids is 1. The van der Waals surface area contributed by atoms with Crippen molar-refractivity contribution in [2.24, 2.45) is 0 Å². The standard InChI is InChI=1S/C14H18N2O2S2/c1-10(7-8-19-2)16-12-6-4-3-5-11(12)15-14(16)20-9-13(17)18/h3-6,10H,7-9H2,1-2H3,(H,17,18). The van der Waals surface area contributed by atoms with Crippen LogP contribution in [-0.2, 0) is 4.79 Å². The first-order valence-electron chi connectivity index (χ1n) is 6.44. The van der Waals surface area contributed by atoms with Gasteiger partial charge in [-0.2, -0.15) is 11.8 Å². The molecule has 0 saturated carbocycles. The van der Waals surface area contributed by atoms with Gasteiger partial charge in [0.2, 0.25) is 0 Å². The number of carbonyl (C=O) groups is 1. The summed E-state index contributed by atoms with van der Waals surface area (Å²) in [5.41, 5.74) is 2.00. The molecule has 108 valence electrons. The van der Waals surface area contributed by atoms with E-state index in [1.807, 2.05) is 36.0 Å². The van der Waals surface area contributed by atoms with Crippen molar-refractivity contribution in [3.05, 3.63) is 24.3 Å². The Morgan fingerprint density at radius 2 is 2.20 bits per heavy atom. The second kappa shape index (κ2) is 7.04. The molecule has 1 unspecified atom stereocenters. The molecule has 1 aromatic heterocycles. The van der Waals surface area contributed by atoms with Gasteiger partial charge in [-0.25, -0.2) is 4.98 Å². The van der Waals surface area contributed by atoms with Crippen LogP contribution in [0.3, 0.4) is 0 Å². The van der Waals surface area contributed by atoms with Crippen LogP contribution < -0.4 is 0 Å². The first-order valence-corrected chi connectivity index (χ1v) is 8.82. The van der Waals surface area contributed by atoms with E-state index in [2.05, 4.69) is 22.7 Å². The molecule has 0 aliphatic carbocycles.